The van der Waals surface area contributed by atoms with Gasteiger partial charge in [0.25, 0.3) is 0 Å². The molecule has 0 bridgehead atoms. The number of rotatable bonds is 3. The van der Waals surface area contributed by atoms with E-state index in [9.17, 15) is 8.42 Å². The van der Waals surface area contributed by atoms with Crippen LogP contribution in [0.4, 0.5) is 0 Å². The summed E-state index contributed by atoms with van der Waals surface area (Å²) in [5, 5.41) is 0. The van der Waals surface area contributed by atoms with Crippen molar-refractivity contribution in [2.75, 3.05) is 26.3 Å². The van der Waals surface area contributed by atoms with E-state index in [0.29, 0.717) is 44.0 Å². The molecule has 0 N–H and O–H groups in total. The Kier molecular flexibility index (Phi) is 5.64. The van der Waals surface area contributed by atoms with Gasteiger partial charge in [0.1, 0.15) is 0 Å². The second-order valence-corrected chi connectivity index (χ2v) is 10.4. The fraction of sp³-hybridized carbons (Fsp3) is 0.429. The minimum atomic E-state index is -3.54. The van der Waals surface area contributed by atoms with E-state index in [4.69, 9.17) is 9.47 Å². The van der Waals surface area contributed by atoms with Crippen molar-refractivity contribution in [3.8, 4) is 0 Å². The van der Waals surface area contributed by atoms with Gasteiger partial charge in [-0.2, -0.15) is 4.31 Å². The third-order valence-electron chi connectivity index (χ3n) is 5.55. The number of benzene rings is 2. The molecule has 0 unspecified atom stereocenters. The van der Waals surface area contributed by atoms with Crippen molar-refractivity contribution < 1.29 is 17.9 Å². The number of halogens is 1. The summed E-state index contributed by atoms with van der Waals surface area (Å²) in [6.45, 7) is 3.64. The second kappa shape index (κ2) is 7.88. The highest BCUT2D eigenvalue weighted by Crippen LogP contribution is 2.40. The lowest BCUT2D eigenvalue weighted by Crippen LogP contribution is -2.56. The van der Waals surface area contributed by atoms with Crippen molar-refractivity contribution in [3.05, 3.63) is 64.1 Å². The number of hydrogen-bond donors (Lipinski definition) is 0. The molecule has 5 nitrogen and oxygen atoms in total. The summed E-state index contributed by atoms with van der Waals surface area (Å²) < 4.78 is 41.0. The molecule has 2 saturated heterocycles. The maximum Gasteiger partial charge on any atom is 0.243 e. The summed E-state index contributed by atoms with van der Waals surface area (Å²) in [6, 6.07) is 15.1. The zero-order valence-corrected chi connectivity index (χ0v) is 18.2. The summed E-state index contributed by atoms with van der Waals surface area (Å²) in [6.07, 6.45) is 1.25. The maximum absolute atomic E-state index is 13.1. The molecular weight excluding hydrogens is 442 g/mol. The minimum absolute atomic E-state index is 0.0936. The smallest absolute Gasteiger partial charge is 0.243 e. The molecule has 0 amide bonds. The van der Waals surface area contributed by atoms with Gasteiger partial charge in [-0.25, -0.2) is 8.42 Å². The molecule has 7 heteroatoms. The first kappa shape index (κ1) is 20.0. The van der Waals surface area contributed by atoms with Crippen LogP contribution >= 0.6 is 15.9 Å². The van der Waals surface area contributed by atoms with E-state index in [1.807, 2.05) is 43.3 Å². The normalized spacial score (nSPS) is 26.4. The number of aryl methyl sites for hydroxylation is 1. The van der Waals surface area contributed by atoms with Gasteiger partial charge in [-0.15, -0.1) is 0 Å². The second-order valence-electron chi connectivity index (χ2n) is 7.55. The molecule has 0 aromatic heterocycles. The monoisotopic (exact) mass is 465 g/mol. The van der Waals surface area contributed by atoms with Crippen molar-refractivity contribution >= 4 is 26.0 Å². The Morgan fingerprint density at radius 2 is 1.79 bits per heavy atom. The first-order valence-corrected chi connectivity index (χ1v) is 11.7. The SMILES string of the molecule is Cc1ccc(S(=O)(=O)N2CCO[C@]3(CCO[C@H](c4ccc(Br)cc4)C3)C2)cc1. The molecule has 4 rings (SSSR count). The van der Waals surface area contributed by atoms with Gasteiger partial charge in [-0.3, -0.25) is 0 Å². The lowest BCUT2D eigenvalue weighted by atomic mass is 9.86. The van der Waals surface area contributed by atoms with Crippen LogP contribution in [0.15, 0.2) is 57.9 Å². The van der Waals surface area contributed by atoms with Gasteiger partial charge >= 0.3 is 0 Å². The molecule has 2 fully saturated rings. The summed E-state index contributed by atoms with van der Waals surface area (Å²) in [7, 11) is -3.54. The summed E-state index contributed by atoms with van der Waals surface area (Å²) in [4.78, 5) is 0.340. The zero-order chi connectivity index (χ0) is 19.8. The summed E-state index contributed by atoms with van der Waals surface area (Å²) >= 11 is 3.46. The number of nitrogens with zero attached hydrogens (tertiary/aromatic N) is 1. The fourth-order valence-corrected chi connectivity index (χ4v) is 5.69. The maximum atomic E-state index is 13.1. The molecule has 2 atom stereocenters. The van der Waals surface area contributed by atoms with Gasteiger partial charge in [0.2, 0.25) is 10.0 Å². The molecule has 150 valence electrons. The van der Waals surface area contributed by atoms with Crippen LogP contribution in [0.3, 0.4) is 0 Å². The van der Waals surface area contributed by atoms with Gasteiger partial charge in [-0.05, 0) is 36.8 Å². The predicted molar refractivity (Wildman–Crippen MR) is 111 cm³/mol. The molecule has 0 radical (unpaired) electrons. The van der Waals surface area contributed by atoms with Crippen LogP contribution in [-0.2, 0) is 19.5 Å². The Hall–Kier alpha value is -1.25. The Labute approximate surface area is 174 Å². The fourth-order valence-electron chi connectivity index (χ4n) is 3.93. The van der Waals surface area contributed by atoms with E-state index in [0.717, 1.165) is 15.6 Å². The Morgan fingerprint density at radius 1 is 1.07 bits per heavy atom. The van der Waals surface area contributed by atoms with Crippen LogP contribution in [0.25, 0.3) is 0 Å². The molecule has 2 aromatic rings. The van der Waals surface area contributed by atoms with Crippen molar-refractivity contribution in [3.63, 3.8) is 0 Å². The largest absolute Gasteiger partial charge is 0.373 e. The first-order valence-electron chi connectivity index (χ1n) is 9.46. The van der Waals surface area contributed by atoms with E-state index in [1.54, 1.807) is 16.4 Å². The molecule has 0 saturated carbocycles. The molecule has 2 aliphatic heterocycles. The topological polar surface area (TPSA) is 55.8 Å². The molecule has 28 heavy (non-hydrogen) atoms. The van der Waals surface area contributed by atoms with Crippen LogP contribution in [0.5, 0.6) is 0 Å². The quantitative estimate of drug-likeness (QED) is 0.685. The van der Waals surface area contributed by atoms with Crippen LogP contribution in [0.1, 0.15) is 30.1 Å². The molecule has 2 aliphatic rings. The van der Waals surface area contributed by atoms with E-state index < -0.39 is 15.6 Å². The van der Waals surface area contributed by atoms with E-state index >= 15 is 0 Å². The lowest BCUT2D eigenvalue weighted by molar-refractivity contribution is -0.163. The number of sulfonamides is 1. The zero-order valence-electron chi connectivity index (χ0n) is 15.8. The van der Waals surface area contributed by atoms with E-state index in [2.05, 4.69) is 15.9 Å². The molecule has 2 heterocycles. The van der Waals surface area contributed by atoms with Crippen LogP contribution in [0, 0.1) is 6.92 Å². The Morgan fingerprint density at radius 3 is 2.50 bits per heavy atom. The average Bonchev–Trinajstić information content (AvgIpc) is 2.69. The summed E-state index contributed by atoms with van der Waals surface area (Å²) in [5.74, 6) is 0. The van der Waals surface area contributed by atoms with Crippen molar-refractivity contribution in [1.82, 2.24) is 4.31 Å². The third kappa shape index (κ3) is 4.04. The van der Waals surface area contributed by atoms with Crippen molar-refractivity contribution in [2.24, 2.45) is 0 Å². The van der Waals surface area contributed by atoms with Gasteiger partial charge in [0.15, 0.2) is 0 Å². The van der Waals surface area contributed by atoms with Crippen LogP contribution in [0.2, 0.25) is 0 Å². The number of morpholine rings is 1. The molecular formula is C21H24BrNO4S. The van der Waals surface area contributed by atoms with E-state index in [1.165, 1.54) is 0 Å². The number of hydrogen-bond acceptors (Lipinski definition) is 4. The summed E-state index contributed by atoms with van der Waals surface area (Å²) in [5.41, 5.74) is 1.62. The standard InChI is InChI=1S/C21H24BrNO4S/c1-16-2-8-19(9-3-16)28(24,25)23-11-13-27-21(15-23)10-12-26-20(14-21)17-4-6-18(22)7-5-17/h2-9,20H,10-15H2,1H3/t20-,21-/m0/s1. The first-order chi connectivity index (χ1) is 13.4. The van der Waals surface area contributed by atoms with Crippen LogP contribution in [-0.4, -0.2) is 44.6 Å². The third-order valence-corrected chi connectivity index (χ3v) is 7.94. The lowest BCUT2D eigenvalue weighted by Gasteiger charge is -2.46. The van der Waals surface area contributed by atoms with Gasteiger partial charge in [0.05, 0.1) is 29.8 Å². The minimum Gasteiger partial charge on any atom is -0.373 e. The van der Waals surface area contributed by atoms with Gasteiger partial charge in [-0.1, -0.05) is 45.8 Å². The van der Waals surface area contributed by atoms with E-state index in [-0.39, 0.29) is 6.10 Å². The molecule has 2 aromatic carbocycles. The highest BCUT2D eigenvalue weighted by Gasteiger charge is 2.45. The average molecular weight is 466 g/mol. The Balaban J connectivity index is 1.55. The molecule has 1 spiro atoms. The van der Waals surface area contributed by atoms with Crippen LogP contribution < -0.4 is 0 Å². The predicted octanol–water partition coefficient (Wildman–Crippen LogP) is 4.07. The number of ether oxygens (including phenoxy) is 2. The Bertz CT molecular complexity index is 926. The van der Waals surface area contributed by atoms with Crippen molar-refractivity contribution in [2.45, 2.75) is 36.4 Å². The van der Waals surface area contributed by atoms with Gasteiger partial charge < -0.3 is 9.47 Å². The van der Waals surface area contributed by atoms with Gasteiger partial charge in [0, 0.05) is 30.4 Å². The highest BCUT2D eigenvalue weighted by molar-refractivity contribution is 9.10. The van der Waals surface area contributed by atoms with Crippen molar-refractivity contribution in [1.29, 1.82) is 0 Å². The molecule has 0 aliphatic carbocycles. The highest BCUT2D eigenvalue weighted by atomic mass is 79.9.